The van der Waals surface area contributed by atoms with Crippen molar-refractivity contribution < 1.29 is 9.00 Å². The van der Waals surface area contributed by atoms with E-state index in [4.69, 9.17) is 17.3 Å². The van der Waals surface area contributed by atoms with E-state index in [0.717, 1.165) is 0 Å². The SMILES string of the molecule is CCNC(=O)N1CC(n2nc(S(=O)c3cccc(Cl)c3)c3c(N)ncnc32)C1. The van der Waals surface area contributed by atoms with E-state index in [0.29, 0.717) is 40.6 Å². The average molecular weight is 420 g/mol. The van der Waals surface area contributed by atoms with Gasteiger partial charge in [0.2, 0.25) is 0 Å². The quantitative estimate of drug-likeness (QED) is 0.665. The second kappa shape index (κ2) is 7.36. The summed E-state index contributed by atoms with van der Waals surface area (Å²) >= 11 is 6.03. The van der Waals surface area contributed by atoms with Crippen LogP contribution in [0.15, 0.2) is 40.5 Å². The number of hydrogen-bond donors (Lipinski definition) is 2. The third-order valence-corrected chi connectivity index (χ3v) is 6.05. The number of benzene rings is 1. The van der Waals surface area contributed by atoms with E-state index in [1.54, 1.807) is 33.8 Å². The van der Waals surface area contributed by atoms with Crippen LogP contribution in [0.3, 0.4) is 0 Å². The van der Waals surface area contributed by atoms with Crippen molar-refractivity contribution in [3.63, 3.8) is 0 Å². The van der Waals surface area contributed by atoms with Gasteiger partial charge in [-0.1, -0.05) is 17.7 Å². The Morgan fingerprint density at radius 2 is 2.18 bits per heavy atom. The molecule has 1 aromatic carbocycles. The molecule has 1 fully saturated rings. The molecule has 11 heteroatoms. The molecule has 4 rings (SSSR count). The van der Waals surface area contributed by atoms with Gasteiger partial charge in [0, 0.05) is 29.6 Å². The number of aromatic nitrogens is 4. The van der Waals surface area contributed by atoms with E-state index < -0.39 is 10.8 Å². The van der Waals surface area contributed by atoms with E-state index >= 15 is 0 Å². The van der Waals surface area contributed by atoms with Gasteiger partial charge in [0.25, 0.3) is 0 Å². The highest BCUT2D eigenvalue weighted by molar-refractivity contribution is 7.85. The fourth-order valence-corrected chi connectivity index (χ4v) is 4.54. The molecule has 0 aliphatic carbocycles. The van der Waals surface area contributed by atoms with Gasteiger partial charge >= 0.3 is 6.03 Å². The van der Waals surface area contributed by atoms with Gasteiger partial charge in [0.15, 0.2) is 10.7 Å². The van der Waals surface area contributed by atoms with Crippen LogP contribution in [-0.4, -0.2) is 54.5 Å². The summed E-state index contributed by atoms with van der Waals surface area (Å²) in [6, 6.07) is 6.58. The molecule has 1 unspecified atom stereocenters. The molecule has 2 aromatic heterocycles. The highest BCUT2D eigenvalue weighted by Gasteiger charge is 2.35. The number of rotatable bonds is 4. The number of nitrogens with one attached hydrogen (secondary N) is 1. The molecule has 1 aliphatic rings. The van der Waals surface area contributed by atoms with Gasteiger partial charge in [-0.15, -0.1) is 0 Å². The first-order chi connectivity index (χ1) is 13.5. The fourth-order valence-electron chi connectivity index (χ4n) is 3.08. The minimum atomic E-state index is -1.61. The molecule has 0 spiro atoms. The normalized spacial score (nSPS) is 15.4. The third-order valence-electron chi connectivity index (χ3n) is 4.50. The number of fused-ring (bicyclic) bond motifs is 1. The highest BCUT2D eigenvalue weighted by Crippen LogP contribution is 2.32. The van der Waals surface area contributed by atoms with Crippen LogP contribution in [0, 0.1) is 0 Å². The summed E-state index contributed by atoms with van der Waals surface area (Å²) in [5.41, 5.74) is 6.55. The molecule has 0 bridgehead atoms. The predicted molar refractivity (Wildman–Crippen MR) is 106 cm³/mol. The fraction of sp³-hybridized carbons (Fsp3) is 0.294. The summed E-state index contributed by atoms with van der Waals surface area (Å²) in [5, 5.41) is 8.54. The standard InChI is InChI=1S/C17H18ClN7O2S/c1-2-20-17(26)24-7-11(8-24)25-15-13(14(19)21-9-22-15)16(23-25)28(27)12-5-3-4-10(18)6-12/h3-6,9,11H,2,7-8H2,1H3,(H,20,26)(H2,19,21,22). The molecule has 2 amide bonds. The average Bonchev–Trinajstić information content (AvgIpc) is 3.01. The molecule has 0 radical (unpaired) electrons. The van der Waals surface area contributed by atoms with Gasteiger partial charge in [-0.25, -0.2) is 23.7 Å². The second-order valence-electron chi connectivity index (χ2n) is 6.33. The van der Waals surface area contributed by atoms with E-state index in [9.17, 15) is 9.00 Å². The smallest absolute Gasteiger partial charge is 0.317 e. The summed E-state index contributed by atoms with van der Waals surface area (Å²) in [5.74, 6) is 0.210. The largest absolute Gasteiger partial charge is 0.383 e. The Labute approximate surface area is 168 Å². The lowest BCUT2D eigenvalue weighted by molar-refractivity contribution is 0.120. The van der Waals surface area contributed by atoms with Gasteiger partial charge in [-0.05, 0) is 25.1 Å². The summed E-state index contributed by atoms with van der Waals surface area (Å²) in [6.07, 6.45) is 1.35. The van der Waals surface area contributed by atoms with Crippen LogP contribution in [0.5, 0.6) is 0 Å². The molecule has 1 saturated heterocycles. The minimum Gasteiger partial charge on any atom is -0.383 e. The Hall–Kier alpha value is -2.72. The number of carbonyl (C=O) groups is 1. The van der Waals surface area contributed by atoms with Crippen molar-refractivity contribution in [2.24, 2.45) is 0 Å². The van der Waals surface area contributed by atoms with Crippen LogP contribution in [-0.2, 0) is 10.8 Å². The summed E-state index contributed by atoms with van der Waals surface area (Å²) in [7, 11) is -1.61. The van der Waals surface area contributed by atoms with Crippen LogP contribution in [0.1, 0.15) is 13.0 Å². The summed E-state index contributed by atoms with van der Waals surface area (Å²) in [4.78, 5) is 22.4. The Balaban J connectivity index is 1.71. The number of amides is 2. The zero-order valence-corrected chi connectivity index (χ0v) is 16.6. The van der Waals surface area contributed by atoms with Gasteiger partial charge in [0.05, 0.1) is 11.4 Å². The van der Waals surface area contributed by atoms with Crippen LogP contribution in [0.4, 0.5) is 10.6 Å². The monoisotopic (exact) mass is 419 g/mol. The maximum absolute atomic E-state index is 13.2. The lowest BCUT2D eigenvalue weighted by atomic mass is 10.1. The summed E-state index contributed by atoms with van der Waals surface area (Å²) < 4.78 is 14.8. The molecule has 3 N–H and O–H groups in total. The number of nitrogens with two attached hydrogens (primary N) is 1. The highest BCUT2D eigenvalue weighted by atomic mass is 35.5. The lowest BCUT2D eigenvalue weighted by Crippen LogP contribution is -2.54. The first-order valence-electron chi connectivity index (χ1n) is 8.68. The molecular formula is C17H18ClN7O2S. The number of hydrogen-bond acceptors (Lipinski definition) is 6. The predicted octanol–water partition coefficient (Wildman–Crippen LogP) is 1.81. The van der Waals surface area contributed by atoms with Crippen molar-refractivity contribution in [3.05, 3.63) is 35.6 Å². The number of urea groups is 1. The van der Waals surface area contributed by atoms with Gasteiger partial charge < -0.3 is 16.0 Å². The van der Waals surface area contributed by atoms with E-state index in [1.807, 2.05) is 6.92 Å². The van der Waals surface area contributed by atoms with Crippen molar-refractivity contribution in [1.29, 1.82) is 0 Å². The van der Waals surface area contributed by atoms with Crippen molar-refractivity contribution in [2.75, 3.05) is 25.4 Å². The van der Waals surface area contributed by atoms with Gasteiger partial charge in [-0.2, -0.15) is 5.10 Å². The van der Waals surface area contributed by atoms with Crippen molar-refractivity contribution in [3.8, 4) is 0 Å². The van der Waals surface area contributed by atoms with Crippen LogP contribution in [0.25, 0.3) is 11.0 Å². The van der Waals surface area contributed by atoms with Crippen LogP contribution < -0.4 is 11.1 Å². The maximum atomic E-state index is 13.2. The Morgan fingerprint density at radius 1 is 1.39 bits per heavy atom. The Bertz CT molecular complexity index is 1080. The van der Waals surface area contributed by atoms with Crippen molar-refractivity contribution in [2.45, 2.75) is 22.9 Å². The van der Waals surface area contributed by atoms with Crippen molar-refractivity contribution in [1.82, 2.24) is 30.0 Å². The number of nitrogens with zero attached hydrogens (tertiary/aromatic N) is 5. The van der Waals surface area contributed by atoms with E-state index in [2.05, 4.69) is 20.4 Å². The molecular weight excluding hydrogens is 402 g/mol. The lowest BCUT2D eigenvalue weighted by Gasteiger charge is -2.38. The topological polar surface area (TPSA) is 119 Å². The van der Waals surface area contributed by atoms with Crippen molar-refractivity contribution >= 4 is 45.3 Å². The number of halogens is 1. The Morgan fingerprint density at radius 3 is 2.89 bits per heavy atom. The number of anilines is 1. The van der Waals surface area contributed by atoms with Gasteiger partial charge in [-0.3, -0.25) is 0 Å². The first kappa shape index (κ1) is 18.6. The Kier molecular flexibility index (Phi) is 4.90. The number of likely N-dealkylation sites (tertiary alicyclic amines) is 1. The molecule has 1 atom stereocenters. The third kappa shape index (κ3) is 3.18. The van der Waals surface area contributed by atoms with Gasteiger partial charge in [0.1, 0.15) is 22.9 Å². The molecule has 1 aliphatic heterocycles. The van der Waals surface area contributed by atoms with Crippen LogP contribution >= 0.6 is 11.6 Å². The number of carbonyl (C=O) groups excluding carboxylic acids is 1. The maximum Gasteiger partial charge on any atom is 0.317 e. The first-order valence-corrected chi connectivity index (χ1v) is 10.2. The zero-order chi connectivity index (χ0) is 19.8. The van der Waals surface area contributed by atoms with E-state index in [-0.39, 0.29) is 22.9 Å². The number of nitrogen functional groups attached to an aromatic ring is 1. The molecule has 146 valence electrons. The van der Waals surface area contributed by atoms with E-state index in [1.165, 1.54) is 6.33 Å². The molecule has 3 heterocycles. The minimum absolute atomic E-state index is 0.0792. The second-order valence-corrected chi connectivity index (χ2v) is 8.16. The zero-order valence-electron chi connectivity index (χ0n) is 15.0. The summed E-state index contributed by atoms with van der Waals surface area (Å²) in [6.45, 7) is 3.40. The molecule has 0 saturated carbocycles. The molecule has 3 aromatic rings. The molecule has 9 nitrogen and oxygen atoms in total. The molecule has 28 heavy (non-hydrogen) atoms. The van der Waals surface area contributed by atoms with Crippen LogP contribution in [0.2, 0.25) is 5.02 Å².